The predicted molar refractivity (Wildman–Crippen MR) is 297 cm³/mol. The number of fused-ring (bicyclic) bond motifs is 2. The maximum absolute atomic E-state index is 14.9. The topological polar surface area (TPSA) is 201 Å². The Morgan fingerprint density at radius 3 is 2.41 bits per heavy atom. The Morgan fingerprint density at radius 2 is 1.63 bits per heavy atom. The molecule has 10 rings (SSSR count). The fraction of sp³-hybridized carbons (Fsp3) is 0.367. The van der Waals surface area contributed by atoms with Gasteiger partial charge in [0.15, 0.2) is 12.9 Å². The zero-order valence-corrected chi connectivity index (χ0v) is 46.5. The molecule has 18 nitrogen and oxygen atoms in total. The molecule has 0 radical (unpaired) electrons. The van der Waals surface area contributed by atoms with Gasteiger partial charge in [0.1, 0.15) is 46.9 Å². The SMILES string of the molecule is Cc1c(-c2cccc3c(CCCOc4cccc5ccccc45)c(C(=O)OC(C)(C)C)n(CCN4CCN(C(=O)COC5=CCCC6=C5C(=O)N(C5CCC(=O)NC5=O)C6=O)CC4)c23)c(COc2ccc(Br)c(C=O)c2)nn1C. The van der Waals surface area contributed by atoms with E-state index in [0.29, 0.717) is 92.3 Å². The van der Waals surface area contributed by atoms with E-state index in [1.54, 1.807) is 29.2 Å². The molecule has 410 valence electrons. The van der Waals surface area contributed by atoms with E-state index in [2.05, 4.69) is 48.9 Å². The van der Waals surface area contributed by atoms with Crippen LogP contribution in [-0.2, 0) is 60.1 Å². The van der Waals surface area contributed by atoms with Crippen molar-refractivity contribution in [2.24, 2.45) is 7.05 Å². The molecule has 6 aromatic rings. The van der Waals surface area contributed by atoms with Crippen LogP contribution in [0.2, 0.25) is 0 Å². The minimum absolute atomic E-state index is 0.00600. The lowest BCUT2D eigenvalue weighted by Crippen LogP contribution is -2.54. The number of aromatic nitrogens is 3. The average molecular weight is 1140 g/mol. The molecule has 1 unspecified atom stereocenters. The lowest BCUT2D eigenvalue weighted by molar-refractivity contribution is -0.150. The van der Waals surface area contributed by atoms with Crippen LogP contribution in [0, 0.1) is 6.92 Å². The standard InChI is InChI=1S/C60H62BrN7O11/c1-36-52(46(63-64(36)5)34-77-39-21-22-45(61)38(32-39)33-69)43-16-9-15-41-42(18-11-31-76-48-19-8-13-37-12-6-7-14-40(37)48)55(59(75)79-60(2,3)4)67(54(41)43)30-27-65-25-28-66(29-26-65)51(71)35-78-49-20-10-17-44-53(49)58(74)68(57(44)73)47-23-24-50(70)62-56(47)72/h6-9,12-16,19-22,32-33,47H,10-11,17-18,23-31,34-35H2,1-5H3,(H,62,70,72). The number of ether oxygens (including phenoxy) is 4. The summed E-state index contributed by atoms with van der Waals surface area (Å²) in [5.41, 5.74) is 5.31. The van der Waals surface area contributed by atoms with Crippen LogP contribution in [-0.4, -0.2) is 128 Å². The average Bonchev–Trinajstić information content (AvgIpc) is 4.26. The molecule has 2 saturated heterocycles. The highest BCUT2D eigenvalue weighted by Gasteiger charge is 2.48. The number of benzene rings is 4. The Hall–Kier alpha value is -7.90. The fourth-order valence-corrected chi connectivity index (χ4v) is 11.4. The van der Waals surface area contributed by atoms with Gasteiger partial charge in [-0.05, 0) is 101 Å². The van der Waals surface area contributed by atoms with Crippen LogP contribution in [0.5, 0.6) is 11.5 Å². The zero-order valence-electron chi connectivity index (χ0n) is 44.9. The van der Waals surface area contributed by atoms with Gasteiger partial charge in [-0.3, -0.25) is 48.6 Å². The summed E-state index contributed by atoms with van der Waals surface area (Å²) in [5.74, 6) is -1.72. The molecule has 0 saturated carbocycles. The van der Waals surface area contributed by atoms with Crippen LogP contribution in [0.3, 0.4) is 0 Å². The van der Waals surface area contributed by atoms with Gasteiger partial charge in [-0.25, -0.2) is 4.79 Å². The van der Waals surface area contributed by atoms with E-state index in [1.165, 1.54) is 0 Å². The first kappa shape index (κ1) is 54.5. The maximum atomic E-state index is 14.9. The third kappa shape index (κ3) is 11.2. The summed E-state index contributed by atoms with van der Waals surface area (Å²) >= 11 is 3.43. The van der Waals surface area contributed by atoms with Crippen molar-refractivity contribution in [1.82, 2.24) is 34.4 Å². The van der Waals surface area contributed by atoms with Crippen molar-refractivity contribution in [1.29, 1.82) is 0 Å². The molecule has 4 aliphatic rings. The first-order chi connectivity index (χ1) is 38.0. The lowest BCUT2D eigenvalue weighted by atomic mass is 9.98. The second kappa shape index (κ2) is 22.8. The number of hydrogen-bond acceptors (Lipinski definition) is 13. The van der Waals surface area contributed by atoms with E-state index in [-0.39, 0.29) is 55.3 Å². The number of rotatable bonds is 18. The summed E-state index contributed by atoms with van der Waals surface area (Å²) in [5, 5.41) is 10.1. The van der Waals surface area contributed by atoms with Gasteiger partial charge in [0, 0.05) is 95.9 Å². The third-order valence-electron chi connectivity index (χ3n) is 14.9. The molecule has 5 amide bonds. The molecule has 0 spiro atoms. The summed E-state index contributed by atoms with van der Waals surface area (Å²) in [7, 11) is 1.88. The molecule has 1 aliphatic carbocycles. The number of carbonyl (C=O) groups is 7. The Kier molecular flexibility index (Phi) is 15.7. The number of imide groups is 2. The third-order valence-corrected chi connectivity index (χ3v) is 15.6. The summed E-state index contributed by atoms with van der Waals surface area (Å²) in [6.45, 7) is 10.4. The number of amides is 5. The monoisotopic (exact) mass is 1140 g/mol. The Bertz CT molecular complexity index is 3520. The molecule has 4 aromatic carbocycles. The first-order valence-electron chi connectivity index (χ1n) is 26.7. The Morgan fingerprint density at radius 1 is 0.873 bits per heavy atom. The van der Waals surface area contributed by atoms with E-state index in [4.69, 9.17) is 24.0 Å². The lowest BCUT2D eigenvalue weighted by Gasteiger charge is -2.35. The van der Waals surface area contributed by atoms with Gasteiger partial charge in [-0.2, -0.15) is 5.10 Å². The molecule has 79 heavy (non-hydrogen) atoms. The molecule has 3 aliphatic heterocycles. The number of aldehydes is 1. The molecule has 1 N–H and O–H groups in total. The van der Waals surface area contributed by atoms with Crippen molar-refractivity contribution in [3.63, 3.8) is 0 Å². The van der Waals surface area contributed by atoms with E-state index in [9.17, 15) is 33.6 Å². The smallest absolute Gasteiger partial charge is 0.355 e. The molecule has 2 fully saturated rings. The number of nitrogens with one attached hydrogen (secondary N) is 1. The normalized spacial score (nSPS) is 17.1. The highest BCUT2D eigenvalue weighted by atomic mass is 79.9. The molecular weight excluding hydrogens is 1070 g/mol. The zero-order chi connectivity index (χ0) is 55.7. The summed E-state index contributed by atoms with van der Waals surface area (Å²) in [6.07, 6.45) is 4.28. The van der Waals surface area contributed by atoms with Gasteiger partial charge in [-0.15, -0.1) is 0 Å². The number of para-hydroxylation sites is 1. The molecule has 19 heteroatoms. The number of aryl methyl sites for hydroxylation is 2. The Labute approximate surface area is 465 Å². The van der Waals surface area contributed by atoms with Crippen molar-refractivity contribution in [2.45, 2.75) is 91.0 Å². The maximum Gasteiger partial charge on any atom is 0.355 e. The van der Waals surface area contributed by atoms with Gasteiger partial charge < -0.3 is 28.4 Å². The molecule has 2 aromatic heterocycles. The van der Waals surface area contributed by atoms with Crippen molar-refractivity contribution >= 4 is 79.4 Å². The van der Waals surface area contributed by atoms with Crippen LogP contribution in [0.15, 0.2) is 106 Å². The number of hydrogen-bond donors (Lipinski definition) is 1. The minimum atomic E-state index is -1.11. The fourth-order valence-electron chi connectivity index (χ4n) is 11.0. The predicted octanol–water partition coefficient (Wildman–Crippen LogP) is 7.93. The van der Waals surface area contributed by atoms with E-state index >= 15 is 0 Å². The highest BCUT2D eigenvalue weighted by molar-refractivity contribution is 9.10. The van der Waals surface area contributed by atoms with Crippen molar-refractivity contribution in [3.8, 4) is 22.6 Å². The van der Waals surface area contributed by atoms with Gasteiger partial charge in [0.25, 0.3) is 17.7 Å². The number of piperazine rings is 1. The van der Waals surface area contributed by atoms with Gasteiger partial charge in [-0.1, -0.05) is 70.5 Å². The van der Waals surface area contributed by atoms with E-state index in [0.717, 1.165) is 61.0 Å². The summed E-state index contributed by atoms with van der Waals surface area (Å²) in [6, 6.07) is 24.3. The van der Waals surface area contributed by atoms with Crippen LogP contribution in [0.25, 0.3) is 32.8 Å². The molecule has 0 bridgehead atoms. The van der Waals surface area contributed by atoms with Gasteiger partial charge in [0.05, 0.1) is 17.7 Å². The first-order valence-corrected chi connectivity index (χ1v) is 27.5. The second-order valence-corrected chi connectivity index (χ2v) is 22.0. The number of halogens is 1. The van der Waals surface area contributed by atoms with Gasteiger partial charge >= 0.3 is 5.97 Å². The van der Waals surface area contributed by atoms with Crippen LogP contribution in [0.4, 0.5) is 0 Å². The van der Waals surface area contributed by atoms with Crippen LogP contribution >= 0.6 is 15.9 Å². The Balaban J connectivity index is 0.902. The summed E-state index contributed by atoms with van der Waals surface area (Å²) < 4.78 is 29.6. The quantitative estimate of drug-likeness (QED) is 0.0377. The van der Waals surface area contributed by atoms with Crippen molar-refractivity contribution < 1.29 is 52.5 Å². The molecular formula is C60H62BrN7O11. The number of esters is 1. The number of piperidine rings is 1. The second-order valence-electron chi connectivity index (χ2n) is 21.2. The minimum Gasteiger partial charge on any atom is -0.493 e. The number of carbonyl (C=O) groups excluding carboxylic acids is 7. The molecule has 5 heterocycles. The largest absolute Gasteiger partial charge is 0.493 e. The van der Waals surface area contributed by atoms with Crippen LogP contribution in [0.1, 0.15) is 90.7 Å². The van der Waals surface area contributed by atoms with E-state index in [1.807, 2.05) is 81.9 Å². The number of allylic oxidation sites excluding steroid dienone is 1. The van der Waals surface area contributed by atoms with Crippen molar-refractivity contribution in [3.05, 3.63) is 135 Å². The molecule has 1 atom stereocenters. The highest BCUT2D eigenvalue weighted by Crippen LogP contribution is 2.40. The number of nitrogens with zero attached hydrogens (tertiary/aromatic N) is 6. The summed E-state index contributed by atoms with van der Waals surface area (Å²) in [4.78, 5) is 97.0. The van der Waals surface area contributed by atoms with Crippen LogP contribution < -0.4 is 14.8 Å². The van der Waals surface area contributed by atoms with E-state index < -0.39 is 41.2 Å². The van der Waals surface area contributed by atoms with Crippen molar-refractivity contribution in [2.75, 3.05) is 45.9 Å². The van der Waals surface area contributed by atoms with Gasteiger partial charge in [0.2, 0.25) is 11.8 Å².